The van der Waals surface area contributed by atoms with Crippen molar-refractivity contribution in [1.82, 2.24) is 20.2 Å². The third-order valence-electron chi connectivity index (χ3n) is 9.90. The summed E-state index contributed by atoms with van der Waals surface area (Å²) in [7, 11) is 4.34. The number of aliphatic hydroxyl groups is 1. The third kappa shape index (κ3) is 7.42. The number of aromatic nitrogens is 2. The summed E-state index contributed by atoms with van der Waals surface area (Å²) in [6, 6.07) is 11.2. The van der Waals surface area contributed by atoms with Crippen LogP contribution in [-0.4, -0.2) is 77.8 Å². The van der Waals surface area contributed by atoms with Gasteiger partial charge in [-0.3, -0.25) is 9.59 Å². The van der Waals surface area contributed by atoms with Gasteiger partial charge < -0.3 is 30.1 Å². The Balaban J connectivity index is 1.48. The van der Waals surface area contributed by atoms with Gasteiger partial charge in [0.05, 0.1) is 6.10 Å². The van der Waals surface area contributed by atoms with Crippen LogP contribution in [0, 0.1) is 20.8 Å². The highest BCUT2D eigenvalue weighted by molar-refractivity contribution is 5.99. The number of aryl methyl sites for hydroxylation is 2. The van der Waals surface area contributed by atoms with Crippen LogP contribution in [0.1, 0.15) is 78.2 Å². The predicted octanol–water partition coefficient (Wildman–Crippen LogP) is 4.95. The van der Waals surface area contributed by atoms with Crippen LogP contribution < -0.4 is 20.7 Å². The molecule has 0 atom stereocenters. The molecule has 5 rings (SSSR count). The molecule has 3 heterocycles. The number of carbonyl (C=O) groups excluding carboxylic acids is 1. The number of rotatable bonds is 9. The minimum absolute atomic E-state index is 0.159. The van der Waals surface area contributed by atoms with Gasteiger partial charge in [-0.1, -0.05) is 0 Å². The summed E-state index contributed by atoms with van der Waals surface area (Å²) in [6.45, 7) is 10.6. The Morgan fingerprint density at radius 2 is 1.69 bits per heavy atom. The Morgan fingerprint density at radius 1 is 1.00 bits per heavy atom. The van der Waals surface area contributed by atoms with E-state index in [-0.39, 0.29) is 24.1 Å². The van der Waals surface area contributed by atoms with Crippen LogP contribution in [-0.2, 0) is 6.54 Å². The largest absolute Gasteiger partial charge is 0.393 e. The van der Waals surface area contributed by atoms with Gasteiger partial charge in [-0.05, 0) is 127 Å². The number of nitrogens with one attached hydrogen (secondary N) is 2. The van der Waals surface area contributed by atoms with Gasteiger partial charge in [0, 0.05) is 72.5 Å². The van der Waals surface area contributed by atoms with Gasteiger partial charge in [-0.25, -0.2) is 4.98 Å². The highest BCUT2D eigenvalue weighted by atomic mass is 16.3. The number of carbonyl (C=O) groups is 1. The van der Waals surface area contributed by atoms with Gasteiger partial charge >= 0.3 is 0 Å². The smallest absolute Gasteiger partial charge is 0.253 e. The van der Waals surface area contributed by atoms with Crippen molar-refractivity contribution >= 4 is 17.4 Å². The van der Waals surface area contributed by atoms with Crippen molar-refractivity contribution < 1.29 is 9.90 Å². The van der Waals surface area contributed by atoms with Gasteiger partial charge in [-0.2, -0.15) is 0 Å². The molecule has 1 amide bonds. The highest BCUT2D eigenvalue weighted by Crippen LogP contribution is 2.36. The number of piperidine rings is 1. The van der Waals surface area contributed by atoms with Crippen LogP contribution in [0.25, 0.3) is 11.1 Å². The summed E-state index contributed by atoms with van der Waals surface area (Å²) in [5.74, 6) is 0.710. The monoisotopic (exact) mass is 614 g/mol. The molecule has 0 spiro atoms. The van der Waals surface area contributed by atoms with Crippen molar-refractivity contribution in [3.05, 3.63) is 74.8 Å². The van der Waals surface area contributed by atoms with E-state index < -0.39 is 0 Å². The molecular weight excluding hydrogens is 564 g/mol. The van der Waals surface area contributed by atoms with E-state index in [1.165, 1.54) is 0 Å². The Morgan fingerprint density at radius 3 is 2.29 bits per heavy atom. The number of hydrogen-bond acceptors (Lipinski definition) is 7. The standard InChI is InChI=1S/C36H50N6O3/c1-7-42(29-11-9-28(10-12-29)40(5)6)33-20-27(26-8-13-34(37-21-26)41-16-14-30(43)15-17-41)19-31(25(33)4)35(44)38-22-32-23(2)18-24(3)39-36(32)45/h8,13,18-21,28-30,43H,7,9-12,14-17,22H2,1-6H3,(H,38,44)(H,39,45)/t28-,29-. The molecule has 3 N–H and O–H groups in total. The number of H-pyrrole nitrogens is 1. The summed E-state index contributed by atoms with van der Waals surface area (Å²) >= 11 is 0. The molecule has 45 heavy (non-hydrogen) atoms. The summed E-state index contributed by atoms with van der Waals surface area (Å²) in [5.41, 5.74) is 6.59. The lowest BCUT2D eigenvalue weighted by Crippen LogP contribution is -2.42. The Labute approximate surface area is 267 Å². The number of nitrogens with zero attached hydrogens (tertiary/aromatic N) is 4. The van der Waals surface area contributed by atoms with Crippen molar-refractivity contribution in [2.75, 3.05) is 43.5 Å². The fourth-order valence-corrected chi connectivity index (χ4v) is 7.12. The Bertz CT molecular complexity index is 1530. The van der Waals surface area contributed by atoms with E-state index in [0.717, 1.165) is 97.6 Å². The summed E-state index contributed by atoms with van der Waals surface area (Å²) < 4.78 is 0. The lowest BCUT2D eigenvalue weighted by Gasteiger charge is -2.40. The molecule has 1 saturated heterocycles. The summed E-state index contributed by atoms with van der Waals surface area (Å²) in [5, 5.41) is 13.0. The van der Waals surface area contributed by atoms with E-state index in [1.807, 2.05) is 45.2 Å². The molecule has 1 aromatic carbocycles. The molecule has 242 valence electrons. The molecule has 9 nitrogen and oxygen atoms in total. The van der Waals surface area contributed by atoms with Crippen LogP contribution in [0.2, 0.25) is 0 Å². The first-order valence-corrected chi connectivity index (χ1v) is 16.5. The van der Waals surface area contributed by atoms with E-state index in [2.05, 4.69) is 58.2 Å². The zero-order valence-electron chi connectivity index (χ0n) is 27.8. The van der Waals surface area contributed by atoms with E-state index in [9.17, 15) is 14.7 Å². The van der Waals surface area contributed by atoms with Crippen molar-refractivity contribution in [3.63, 3.8) is 0 Å². The van der Waals surface area contributed by atoms with Crippen molar-refractivity contribution in [2.24, 2.45) is 0 Å². The second-order valence-electron chi connectivity index (χ2n) is 13.1. The zero-order valence-corrected chi connectivity index (χ0v) is 27.8. The first-order chi connectivity index (χ1) is 21.5. The average molecular weight is 615 g/mol. The Hall–Kier alpha value is -3.69. The van der Waals surface area contributed by atoms with E-state index >= 15 is 0 Å². The molecule has 2 aliphatic rings. The number of pyridine rings is 2. The average Bonchev–Trinajstić information content (AvgIpc) is 3.02. The molecule has 0 unspecified atom stereocenters. The minimum atomic E-state index is -0.233. The second-order valence-corrected chi connectivity index (χ2v) is 13.1. The van der Waals surface area contributed by atoms with Gasteiger partial charge in [0.15, 0.2) is 0 Å². The molecule has 2 fully saturated rings. The number of amides is 1. The molecule has 2 aromatic heterocycles. The van der Waals surface area contributed by atoms with E-state index in [0.29, 0.717) is 23.2 Å². The van der Waals surface area contributed by atoms with Crippen molar-refractivity contribution in [2.45, 2.75) is 91.0 Å². The number of benzene rings is 1. The van der Waals surface area contributed by atoms with Crippen LogP contribution in [0.5, 0.6) is 0 Å². The van der Waals surface area contributed by atoms with Gasteiger partial charge in [0.2, 0.25) is 0 Å². The normalized spacial score (nSPS) is 19.2. The first-order valence-electron chi connectivity index (χ1n) is 16.5. The first kappa shape index (κ1) is 32.7. The molecule has 1 saturated carbocycles. The van der Waals surface area contributed by atoms with Gasteiger partial charge in [0.25, 0.3) is 11.5 Å². The van der Waals surface area contributed by atoms with E-state index in [4.69, 9.17) is 4.98 Å². The maximum atomic E-state index is 13.9. The number of aromatic amines is 1. The lowest BCUT2D eigenvalue weighted by molar-refractivity contribution is 0.0950. The lowest BCUT2D eigenvalue weighted by atomic mass is 9.88. The molecule has 1 aliphatic carbocycles. The number of anilines is 2. The molecule has 9 heteroatoms. The minimum Gasteiger partial charge on any atom is -0.393 e. The maximum absolute atomic E-state index is 13.9. The highest BCUT2D eigenvalue weighted by Gasteiger charge is 2.29. The Kier molecular flexibility index (Phi) is 10.3. The quantitative estimate of drug-likeness (QED) is 0.313. The third-order valence-corrected chi connectivity index (χ3v) is 9.90. The van der Waals surface area contributed by atoms with Crippen molar-refractivity contribution in [1.29, 1.82) is 0 Å². The SMILES string of the molecule is CCN(c1cc(-c2ccc(N3CCC(O)CC3)nc2)cc(C(=O)NCc2c(C)cc(C)[nH]c2=O)c1C)[C@H]1CC[C@H](N(C)C)CC1. The maximum Gasteiger partial charge on any atom is 0.253 e. The van der Waals surface area contributed by atoms with Crippen LogP contribution in [0.15, 0.2) is 41.3 Å². The molecule has 0 radical (unpaired) electrons. The molecular formula is C36H50N6O3. The van der Waals surface area contributed by atoms with E-state index in [1.54, 1.807) is 0 Å². The predicted molar refractivity (Wildman–Crippen MR) is 182 cm³/mol. The molecule has 1 aliphatic heterocycles. The zero-order chi connectivity index (χ0) is 32.2. The van der Waals surface area contributed by atoms with Crippen LogP contribution in [0.3, 0.4) is 0 Å². The summed E-state index contributed by atoms with van der Waals surface area (Å²) in [6.07, 6.45) is 7.69. The fraction of sp³-hybridized carbons (Fsp3) is 0.528. The molecule has 0 bridgehead atoms. The summed E-state index contributed by atoms with van der Waals surface area (Å²) in [4.78, 5) is 41.2. The fourth-order valence-electron chi connectivity index (χ4n) is 7.12. The second kappa shape index (κ2) is 14.2. The topological polar surface area (TPSA) is 105 Å². The number of aliphatic hydroxyl groups excluding tert-OH is 1. The van der Waals surface area contributed by atoms with Crippen LogP contribution in [0.4, 0.5) is 11.5 Å². The van der Waals surface area contributed by atoms with Gasteiger partial charge in [-0.15, -0.1) is 0 Å². The number of hydrogen-bond donors (Lipinski definition) is 3. The van der Waals surface area contributed by atoms with Crippen molar-refractivity contribution in [3.8, 4) is 11.1 Å². The molecule has 3 aromatic rings. The van der Waals surface area contributed by atoms with Crippen LogP contribution >= 0.6 is 0 Å². The van der Waals surface area contributed by atoms with Gasteiger partial charge in [0.1, 0.15) is 5.82 Å².